The molecule has 96 valence electrons. The topological polar surface area (TPSA) is 55.0 Å². The summed E-state index contributed by atoms with van der Waals surface area (Å²) in [7, 11) is 2.05. The van der Waals surface area contributed by atoms with E-state index in [1.54, 1.807) is 0 Å². The highest BCUT2D eigenvalue weighted by Crippen LogP contribution is 2.23. The van der Waals surface area contributed by atoms with E-state index >= 15 is 0 Å². The lowest BCUT2D eigenvalue weighted by atomic mass is 10.1. The number of nitrogen functional groups attached to an aromatic ring is 1. The van der Waals surface area contributed by atoms with Gasteiger partial charge in [-0.2, -0.15) is 4.98 Å². The lowest BCUT2D eigenvalue weighted by Gasteiger charge is -2.21. The zero-order chi connectivity index (χ0) is 13.1. The Hall–Kier alpha value is -1.84. The zero-order valence-electron chi connectivity index (χ0n) is 11.2. The van der Waals surface area contributed by atoms with Gasteiger partial charge >= 0.3 is 0 Å². The molecule has 1 heterocycles. The number of rotatable bonds is 4. The second-order valence-corrected chi connectivity index (χ2v) is 5.03. The molecule has 0 spiro atoms. The third-order valence-electron chi connectivity index (χ3n) is 3.00. The van der Waals surface area contributed by atoms with Crippen LogP contribution in [-0.4, -0.2) is 23.6 Å². The van der Waals surface area contributed by atoms with Crippen LogP contribution in [0.4, 0.5) is 11.8 Å². The Morgan fingerprint density at radius 3 is 2.67 bits per heavy atom. The SMILES string of the molecule is CC(C)CCN(C)c1nc(N)nc2ccccc12. The van der Waals surface area contributed by atoms with Crippen LogP contribution in [0.5, 0.6) is 0 Å². The van der Waals surface area contributed by atoms with Gasteiger partial charge in [0.15, 0.2) is 0 Å². The number of nitrogens with two attached hydrogens (primary N) is 1. The summed E-state index contributed by atoms with van der Waals surface area (Å²) in [6, 6.07) is 7.97. The minimum Gasteiger partial charge on any atom is -0.368 e. The molecule has 0 atom stereocenters. The summed E-state index contributed by atoms with van der Waals surface area (Å²) < 4.78 is 0. The molecule has 1 aromatic carbocycles. The molecule has 4 nitrogen and oxygen atoms in total. The first-order chi connectivity index (χ1) is 8.58. The Balaban J connectivity index is 2.36. The van der Waals surface area contributed by atoms with Crippen molar-refractivity contribution in [3.05, 3.63) is 24.3 Å². The smallest absolute Gasteiger partial charge is 0.222 e. The maximum Gasteiger partial charge on any atom is 0.222 e. The number of hydrogen-bond acceptors (Lipinski definition) is 4. The van der Waals surface area contributed by atoms with Gasteiger partial charge in [-0.3, -0.25) is 0 Å². The van der Waals surface area contributed by atoms with Gasteiger partial charge in [-0.15, -0.1) is 0 Å². The van der Waals surface area contributed by atoms with Crippen LogP contribution in [0.2, 0.25) is 0 Å². The van der Waals surface area contributed by atoms with Crippen molar-refractivity contribution in [2.75, 3.05) is 24.2 Å². The largest absolute Gasteiger partial charge is 0.368 e. The number of aromatic nitrogens is 2. The maximum absolute atomic E-state index is 5.77. The Bertz CT molecular complexity index is 536. The summed E-state index contributed by atoms with van der Waals surface area (Å²) in [5, 5.41) is 1.05. The molecule has 2 N–H and O–H groups in total. The molecule has 0 radical (unpaired) electrons. The van der Waals surface area contributed by atoms with Gasteiger partial charge < -0.3 is 10.6 Å². The van der Waals surface area contributed by atoms with Crippen molar-refractivity contribution in [1.29, 1.82) is 0 Å². The second-order valence-electron chi connectivity index (χ2n) is 5.03. The summed E-state index contributed by atoms with van der Waals surface area (Å²) in [6.45, 7) is 5.42. The number of nitrogens with zero attached hydrogens (tertiary/aromatic N) is 3. The molecule has 1 aromatic heterocycles. The van der Waals surface area contributed by atoms with Crippen LogP contribution in [-0.2, 0) is 0 Å². The Labute approximate surface area is 108 Å². The molecule has 0 unspecified atom stereocenters. The van der Waals surface area contributed by atoms with Crippen LogP contribution in [0, 0.1) is 5.92 Å². The summed E-state index contributed by atoms with van der Waals surface area (Å²) in [4.78, 5) is 10.8. The predicted molar refractivity (Wildman–Crippen MR) is 76.7 cm³/mol. The van der Waals surface area contributed by atoms with Gasteiger partial charge in [0.2, 0.25) is 5.95 Å². The van der Waals surface area contributed by atoms with Crippen LogP contribution >= 0.6 is 0 Å². The van der Waals surface area contributed by atoms with Crippen molar-refractivity contribution in [3.8, 4) is 0 Å². The number of fused-ring (bicyclic) bond motifs is 1. The van der Waals surface area contributed by atoms with Gasteiger partial charge in [0.05, 0.1) is 5.52 Å². The quantitative estimate of drug-likeness (QED) is 0.898. The third kappa shape index (κ3) is 2.70. The van der Waals surface area contributed by atoms with E-state index in [0.717, 1.165) is 29.7 Å². The number of benzene rings is 1. The van der Waals surface area contributed by atoms with Crippen LogP contribution in [0.15, 0.2) is 24.3 Å². The molecule has 18 heavy (non-hydrogen) atoms. The van der Waals surface area contributed by atoms with E-state index in [0.29, 0.717) is 11.9 Å². The van der Waals surface area contributed by atoms with Gasteiger partial charge in [0.25, 0.3) is 0 Å². The van der Waals surface area contributed by atoms with Crippen molar-refractivity contribution >= 4 is 22.7 Å². The predicted octanol–water partition coefficient (Wildman–Crippen LogP) is 2.69. The van der Waals surface area contributed by atoms with Crippen LogP contribution in [0.25, 0.3) is 10.9 Å². The van der Waals surface area contributed by atoms with Gasteiger partial charge in [0, 0.05) is 19.0 Å². The molecule has 0 bridgehead atoms. The van der Waals surface area contributed by atoms with E-state index < -0.39 is 0 Å². The van der Waals surface area contributed by atoms with Gasteiger partial charge in [-0.05, 0) is 24.5 Å². The normalized spacial score (nSPS) is 11.1. The highest BCUT2D eigenvalue weighted by atomic mass is 15.2. The fourth-order valence-corrected chi connectivity index (χ4v) is 1.93. The van der Waals surface area contributed by atoms with E-state index in [4.69, 9.17) is 5.73 Å². The lowest BCUT2D eigenvalue weighted by molar-refractivity contribution is 0.584. The van der Waals surface area contributed by atoms with Crippen molar-refractivity contribution in [2.45, 2.75) is 20.3 Å². The van der Waals surface area contributed by atoms with Crippen molar-refractivity contribution in [1.82, 2.24) is 9.97 Å². The number of anilines is 2. The van der Waals surface area contributed by atoms with Gasteiger partial charge in [0.1, 0.15) is 5.82 Å². The first-order valence-electron chi connectivity index (χ1n) is 6.31. The van der Waals surface area contributed by atoms with E-state index in [1.165, 1.54) is 0 Å². The molecule has 0 aliphatic heterocycles. The number of hydrogen-bond donors (Lipinski definition) is 1. The molecular weight excluding hydrogens is 224 g/mol. The molecular formula is C14H20N4. The molecule has 2 rings (SSSR count). The van der Waals surface area contributed by atoms with Crippen molar-refractivity contribution in [3.63, 3.8) is 0 Å². The highest BCUT2D eigenvalue weighted by Gasteiger charge is 2.10. The summed E-state index contributed by atoms with van der Waals surface area (Å²) in [5.41, 5.74) is 6.67. The van der Waals surface area contributed by atoms with Crippen LogP contribution in [0.1, 0.15) is 20.3 Å². The molecule has 0 aliphatic rings. The Morgan fingerprint density at radius 2 is 1.94 bits per heavy atom. The minimum atomic E-state index is 0.333. The molecule has 0 saturated heterocycles. The summed E-state index contributed by atoms with van der Waals surface area (Å²) in [6.07, 6.45) is 1.13. The van der Waals surface area contributed by atoms with Crippen molar-refractivity contribution in [2.24, 2.45) is 5.92 Å². The van der Waals surface area contributed by atoms with E-state index in [2.05, 4.69) is 35.8 Å². The lowest BCUT2D eigenvalue weighted by Crippen LogP contribution is -2.22. The van der Waals surface area contributed by atoms with Gasteiger partial charge in [-0.25, -0.2) is 4.98 Å². The minimum absolute atomic E-state index is 0.333. The van der Waals surface area contributed by atoms with Crippen LogP contribution < -0.4 is 10.6 Å². The average molecular weight is 244 g/mol. The maximum atomic E-state index is 5.77. The summed E-state index contributed by atoms with van der Waals surface area (Å²) in [5.74, 6) is 1.93. The Kier molecular flexibility index (Phi) is 3.65. The van der Waals surface area contributed by atoms with Gasteiger partial charge in [-0.1, -0.05) is 26.0 Å². The fraction of sp³-hybridized carbons (Fsp3) is 0.429. The molecule has 0 aliphatic carbocycles. The first-order valence-corrected chi connectivity index (χ1v) is 6.31. The van der Waals surface area contributed by atoms with E-state index in [9.17, 15) is 0 Å². The molecule has 4 heteroatoms. The Morgan fingerprint density at radius 1 is 1.22 bits per heavy atom. The second kappa shape index (κ2) is 5.21. The van der Waals surface area contributed by atoms with Crippen LogP contribution in [0.3, 0.4) is 0 Å². The average Bonchev–Trinajstić information content (AvgIpc) is 2.34. The zero-order valence-corrected chi connectivity index (χ0v) is 11.2. The first kappa shape index (κ1) is 12.6. The van der Waals surface area contributed by atoms with E-state index in [-0.39, 0.29) is 0 Å². The monoisotopic (exact) mass is 244 g/mol. The fourth-order valence-electron chi connectivity index (χ4n) is 1.93. The molecule has 0 fully saturated rings. The third-order valence-corrected chi connectivity index (χ3v) is 3.00. The molecule has 0 saturated carbocycles. The highest BCUT2D eigenvalue weighted by molar-refractivity contribution is 5.90. The van der Waals surface area contributed by atoms with Crippen molar-refractivity contribution < 1.29 is 0 Å². The number of para-hydroxylation sites is 1. The summed E-state index contributed by atoms with van der Waals surface area (Å²) >= 11 is 0. The standard InChI is InChI=1S/C14H20N4/c1-10(2)8-9-18(3)13-11-6-4-5-7-12(11)16-14(15)17-13/h4-7,10H,8-9H2,1-3H3,(H2,15,16,17). The van der Waals surface area contributed by atoms with E-state index in [1.807, 2.05) is 24.3 Å². The molecule has 2 aromatic rings. The molecule has 0 amide bonds.